The van der Waals surface area contributed by atoms with Gasteiger partial charge in [-0.05, 0) is 56.2 Å². The molecule has 4 rings (SSSR count). The van der Waals surface area contributed by atoms with Crippen molar-refractivity contribution in [2.75, 3.05) is 13.1 Å². The lowest BCUT2D eigenvalue weighted by molar-refractivity contribution is -0.127. The van der Waals surface area contributed by atoms with Gasteiger partial charge >= 0.3 is 0 Å². The molecule has 150 valence electrons. The van der Waals surface area contributed by atoms with E-state index in [1.807, 2.05) is 37.3 Å². The molecule has 1 fully saturated rings. The zero-order valence-corrected chi connectivity index (χ0v) is 17.0. The van der Waals surface area contributed by atoms with Gasteiger partial charge in [0.1, 0.15) is 11.3 Å². The van der Waals surface area contributed by atoms with Gasteiger partial charge in [0.05, 0.1) is 6.04 Å². The van der Waals surface area contributed by atoms with E-state index in [4.69, 9.17) is 16.0 Å². The molecule has 1 saturated heterocycles. The Balaban J connectivity index is 1.32. The molecule has 5 nitrogen and oxygen atoms in total. The van der Waals surface area contributed by atoms with E-state index < -0.39 is 0 Å². The number of furan rings is 1. The van der Waals surface area contributed by atoms with Crippen LogP contribution in [-0.2, 0) is 4.79 Å². The van der Waals surface area contributed by atoms with E-state index in [-0.39, 0.29) is 23.8 Å². The van der Waals surface area contributed by atoms with Crippen LogP contribution < -0.4 is 5.32 Å². The second kappa shape index (κ2) is 8.29. The molecular formula is C23H23ClN2O3. The number of amides is 2. The van der Waals surface area contributed by atoms with Gasteiger partial charge in [-0.3, -0.25) is 9.59 Å². The Hall–Kier alpha value is -2.79. The van der Waals surface area contributed by atoms with Gasteiger partial charge in [0.2, 0.25) is 5.91 Å². The Morgan fingerprint density at radius 1 is 1.10 bits per heavy atom. The van der Waals surface area contributed by atoms with Crippen molar-refractivity contribution in [2.45, 2.75) is 25.8 Å². The summed E-state index contributed by atoms with van der Waals surface area (Å²) in [5, 5.41) is 4.69. The molecule has 0 aliphatic carbocycles. The predicted octanol–water partition coefficient (Wildman–Crippen LogP) is 4.82. The van der Waals surface area contributed by atoms with E-state index in [9.17, 15) is 9.59 Å². The third kappa shape index (κ3) is 4.30. The molecule has 29 heavy (non-hydrogen) atoms. The Labute approximate surface area is 174 Å². The predicted molar refractivity (Wildman–Crippen MR) is 113 cm³/mol. The lowest BCUT2D eigenvalue weighted by Crippen LogP contribution is -2.43. The van der Waals surface area contributed by atoms with E-state index in [1.165, 1.54) is 0 Å². The van der Waals surface area contributed by atoms with Crippen molar-refractivity contribution in [1.82, 2.24) is 10.2 Å². The van der Waals surface area contributed by atoms with Crippen LogP contribution in [0.15, 0.2) is 59.0 Å². The average molecular weight is 411 g/mol. The van der Waals surface area contributed by atoms with E-state index in [0.717, 1.165) is 16.7 Å². The topological polar surface area (TPSA) is 62.6 Å². The molecule has 0 bridgehead atoms. The van der Waals surface area contributed by atoms with Crippen LogP contribution >= 0.6 is 11.6 Å². The minimum atomic E-state index is -0.205. The summed E-state index contributed by atoms with van der Waals surface area (Å²) in [7, 11) is 0. The van der Waals surface area contributed by atoms with Crippen LogP contribution in [0.4, 0.5) is 0 Å². The van der Waals surface area contributed by atoms with Crippen molar-refractivity contribution < 1.29 is 14.0 Å². The zero-order chi connectivity index (χ0) is 20.4. The first kappa shape index (κ1) is 19.5. The fourth-order valence-corrected chi connectivity index (χ4v) is 3.86. The number of nitrogens with zero attached hydrogens (tertiary/aromatic N) is 1. The van der Waals surface area contributed by atoms with Gasteiger partial charge in [-0.1, -0.05) is 29.8 Å². The third-order valence-corrected chi connectivity index (χ3v) is 5.73. The van der Waals surface area contributed by atoms with Gasteiger partial charge in [-0.15, -0.1) is 0 Å². The molecule has 0 spiro atoms. The summed E-state index contributed by atoms with van der Waals surface area (Å²) in [6.07, 6.45) is 1.30. The molecule has 1 aliphatic heterocycles. The smallest absolute Gasteiger partial charge is 0.253 e. The maximum Gasteiger partial charge on any atom is 0.253 e. The van der Waals surface area contributed by atoms with Crippen LogP contribution in [0.1, 0.15) is 41.9 Å². The second-order valence-electron chi connectivity index (χ2n) is 7.49. The summed E-state index contributed by atoms with van der Waals surface area (Å²) in [6, 6.07) is 16.5. The number of hydrogen-bond donors (Lipinski definition) is 1. The quantitative estimate of drug-likeness (QED) is 0.671. The summed E-state index contributed by atoms with van der Waals surface area (Å²) in [4.78, 5) is 27.1. The highest BCUT2D eigenvalue weighted by molar-refractivity contribution is 6.30. The van der Waals surface area contributed by atoms with Crippen molar-refractivity contribution in [3.8, 4) is 0 Å². The Bertz CT molecular complexity index is 987. The molecule has 2 heterocycles. The zero-order valence-electron chi connectivity index (χ0n) is 16.2. The number of likely N-dealkylation sites (tertiary alicyclic amines) is 1. The molecular weight excluding hydrogens is 388 g/mol. The van der Waals surface area contributed by atoms with Gasteiger partial charge in [0.25, 0.3) is 5.91 Å². The summed E-state index contributed by atoms with van der Waals surface area (Å²) in [5.74, 6) is 0.638. The van der Waals surface area contributed by atoms with Crippen LogP contribution in [0, 0.1) is 5.92 Å². The summed E-state index contributed by atoms with van der Waals surface area (Å²) in [5.41, 5.74) is 1.44. The number of nitrogens with one attached hydrogen (secondary N) is 1. The van der Waals surface area contributed by atoms with Crippen LogP contribution in [-0.4, -0.2) is 29.8 Å². The van der Waals surface area contributed by atoms with Crippen molar-refractivity contribution >= 4 is 34.4 Å². The Morgan fingerprint density at radius 3 is 2.48 bits per heavy atom. The fourth-order valence-electron chi connectivity index (χ4n) is 3.74. The van der Waals surface area contributed by atoms with Gasteiger partial charge in [-0.25, -0.2) is 0 Å². The molecule has 6 heteroatoms. The average Bonchev–Trinajstić information content (AvgIpc) is 3.18. The highest BCUT2D eigenvalue weighted by Gasteiger charge is 2.29. The maximum atomic E-state index is 12.7. The Kier molecular flexibility index (Phi) is 5.58. The number of carbonyl (C=O) groups excluding carboxylic acids is 2. The molecule has 1 aromatic heterocycles. The van der Waals surface area contributed by atoms with Crippen molar-refractivity contribution in [3.05, 3.63) is 70.9 Å². The van der Waals surface area contributed by atoms with Gasteiger partial charge < -0.3 is 14.6 Å². The minimum absolute atomic E-state index is 0.0107. The summed E-state index contributed by atoms with van der Waals surface area (Å²) >= 11 is 5.89. The van der Waals surface area contributed by atoms with Crippen molar-refractivity contribution in [3.63, 3.8) is 0 Å². The van der Waals surface area contributed by atoms with E-state index in [2.05, 4.69) is 5.32 Å². The second-order valence-corrected chi connectivity index (χ2v) is 7.93. The molecule has 1 aliphatic rings. The number of hydrogen-bond acceptors (Lipinski definition) is 3. The standard InChI is InChI=1S/C23H23ClN2O3/c1-15(21-14-18-4-2-3-5-20(18)29-21)25-22(27)16-10-12-26(13-11-16)23(28)17-6-8-19(24)9-7-17/h2-9,14-16H,10-13H2,1H3,(H,25,27)/t15-/m1/s1. The molecule has 1 atom stereocenters. The Morgan fingerprint density at radius 2 is 1.79 bits per heavy atom. The first-order chi connectivity index (χ1) is 14.0. The van der Waals surface area contributed by atoms with Crippen LogP contribution in [0.5, 0.6) is 0 Å². The SMILES string of the molecule is C[C@@H](NC(=O)C1CCN(C(=O)c2ccc(Cl)cc2)CC1)c1cc2ccccc2o1. The first-order valence-electron chi connectivity index (χ1n) is 9.85. The highest BCUT2D eigenvalue weighted by Crippen LogP contribution is 2.25. The van der Waals surface area contributed by atoms with Crippen molar-refractivity contribution in [2.24, 2.45) is 5.92 Å². The van der Waals surface area contributed by atoms with E-state index in [1.54, 1.807) is 29.2 Å². The third-order valence-electron chi connectivity index (χ3n) is 5.47. The fraction of sp³-hybridized carbons (Fsp3) is 0.304. The largest absolute Gasteiger partial charge is 0.459 e. The first-order valence-corrected chi connectivity index (χ1v) is 10.2. The molecule has 3 aromatic rings. The lowest BCUT2D eigenvalue weighted by Gasteiger charge is -2.32. The normalized spacial score (nSPS) is 16.0. The highest BCUT2D eigenvalue weighted by atomic mass is 35.5. The van der Waals surface area contributed by atoms with Gasteiger partial charge in [0.15, 0.2) is 0 Å². The molecule has 0 saturated carbocycles. The van der Waals surface area contributed by atoms with Gasteiger partial charge in [0, 0.05) is 35.0 Å². The molecule has 0 unspecified atom stereocenters. The van der Waals surface area contributed by atoms with E-state index >= 15 is 0 Å². The number of rotatable bonds is 4. The summed E-state index contributed by atoms with van der Waals surface area (Å²) < 4.78 is 5.85. The monoisotopic (exact) mass is 410 g/mol. The number of fused-ring (bicyclic) bond motifs is 1. The molecule has 1 N–H and O–H groups in total. The molecule has 0 radical (unpaired) electrons. The number of halogens is 1. The molecule has 2 amide bonds. The minimum Gasteiger partial charge on any atom is -0.459 e. The number of para-hydroxylation sites is 1. The number of carbonyl (C=O) groups is 2. The lowest BCUT2D eigenvalue weighted by atomic mass is 9.95. The molecule has 2 aromatic carbocycles. The van der Waals surface area contributed by atoms with Crippen LogP contribution in [0.25, 0.3) is 11.0 Å². The number of benzene rings is 2. The van der Waals surface area contributed by atoms with Crippen LogP contribution in [0.3, 0.4) is 0 Å². The van der Waals surface area contributed by atoms with Crippen LogP contribution in [0.2, 0.25) is 5.02 Å². The van der Waals surface area contributed by atoms with Gasteiger partial charge in [-0.2, -0.15) is 0 Å². The maximum absolute atomic E-state index is 12.7. The van der Waals surface area contributed by atoms with Crippen molar-refractivity contribution in [1.29, 1.82) is 0 Å². The van der Waals surface area contributed by atoms with E-state index in [0.29, 0.717) is 36.5 Å². The summed E-state index contributed by atoms with van der Waals surface area (Å²) in [6.45, 7) is 3.06. The number of piperidine rings is 1.